The van der Waals surface area contributed by atoms with E-state index >= 15 is 0 Å². The van der Waals surface area contributed by atoms with Crippen LogP contribution in [0, 0.1) is 11.3 Å². The Labute approximate surface area is 305 Å². The number of fused-ring (bicyclic) bond motifs is 9. The minimum absolute atomic E-state index is 0.0178. The molecule has 3 nitrogen and oxygen atoms in total. The molecule has 53 heavy (non-hydrogen) atoms. The van der Waals surface area contributed by atoms with Crippen LogP contribution < -0.4 is 21.3 Å². The zero-order valence-corrected chi connectivity index (χ0v) is 28.5. The maximum Gasteiger partial charge on any atom is 0.248 e. The second kappa shape index (κ2) is 10.5. The van der Waals surface area contributed by atoms with E-state index in [1.54, 1.807) is 0 Å². The second-order valence-corrected chi connectivity index (χ2v) is 14.4. The van der Waals surface area contributed by atoms with Crippen molar-refractivity contribution in [1.29, 1.82) is 5.26 Å². The van der Waals surface area contributed by atoms with Crippen molar-refractivity contribution in [2.45, 2.75) is 0 Å². The van der Waals surface area contributed by atoms with Crippen molar-refractivity contribution in [2.75, 3.05) is 4.90 Å². The maximum atomic E-state index is 10.5. The smallest absolute Gasteiger partial charge is 0.248 e. The summed E-state index contributed by atoms with van der Waals surface area (Å²) in [7, 11) is 0. The van der Waals surface area contributed by atoms with Gasteiger partial charge in [-0.2, -0.15) is 5.26 Å². The zero-order valence-electron chi connectivity index (χ0n) is 28.5. The molecule has 0 bridgehead atoms. The lowest BCUT2D eigenvalue weighted by atomic mass is 9.32. The molecule has 0 atom stereocenters. The second-order valence-electron chi connectivity index (χ2n) is 14.4. The van der Waals surface area contributed by atoms with Gasteiger partial charge in [0.2, 0.25) is 6.71 Å². The Morgan fingerprint density at radius 2 is 1.25 bits per heavy atom. The molecule has 0 spiro atoms. The summed E-state index contributed by atoms with van der Waals surface area (Å²) in [6, 6.07) is 61.5. The van der Waals surface area contributed by atoms with Crippen molar-refractivity contribution in [3.8, 4) is 28.3 Å². The molecule has 0 amide bonds. The van der Waals surface area contributed by atoms with Crippen molar-refractivity contribution in [2.24, 2.45) is 0 Å². The molecule has 3 heterocycles. The fourth-order valence-corrected chi connectivity index (χ4v) is 9.33. The minimum atomic E-state index is -0.0178. The van der Waals surface area contributed by atoms with Gasteiger partial charge in [0.15, 0.2) is 0 Å². The van der Waals surface area contributed by atoms with Gasteiger partial charge in [0.1, 0.15) is 11.2 Å². The van der Waals surface area contributed by atoms with Gasteiger partial charge in [-0.05, 0) is 114 Å². The van der Waals surface area contributed by atoms with Gasteiger partial charge >= 0.3 is 0 Å². The topological polar surface area (TPSA) is 40.2 Å². The fourth-order valence-electron chi connectivity index (χ4n) is 9.33. The van der Waals surface area contributed by atoms with Crippen LogP contribution >= 0.6 is 0 Å². The van der Waals surface area contributed by atoms with Gasteiger partial charge in [-0.15, -0.1) is 0 Å². The van der Waals surface area contributed by atoms with Crippen LogP contribution in [-0.2, 0) is 0 Å². The molecule has 0 radical (unpaired) electrons. The van der Waals surface area contributed by atoms with Gasteiger partial charge in [-0.25, -0.2) is 0 Å². The third kappa shape index (κ3) is 3.94. The van der Waals surface area contributed by atoms with Crippen molar-refractivity contribution >= 4 is 94.4 Å². The Bertz CT molecular complexity index is 3280. The maximum absolute atomic E-state index is 10.5. The molecule has 12 rings (SSSR count). The Morgan fingerprint density at radius 1 is 0.491 bits per heavy atom. The summed E-state index contributed by atoms with van der Waals surface area (Å²) >= 11 is 0. The molecule has 242 valence electrons. The number of nitriles is 1. The molecule has 0 saturated heterocycles. The molecular formula is C49H27BN2O. The van der Waals surface area contributed by atoms with E-state index in [1.165, 1.54) is 59.8 Å². The number of furan rings is 1. The summed E-state index contributed by atoms with van der Waals surface area (Å²) in [4.78, 5) is 2.40. The van der Waals surface area contributed by atoms with Crippen LogP contribution in [-0.4, -0.2) is 6.71 Å². The SMILES string of the molecule is N#Cc1cc2c3c(c1)N(c1ccc4ccccc4c1)c1cc4ccccc4cc1B3c1ccc(-c3ccc4oc5ccccc5c4c3)c3cccc-2c13. The van der Waals surface area contributed by atoms with E-state index in [2.05, 4.69) is 163 Å². The highest BCUT2D eigenvalue weighted by Gasteiger charge is 2.41. The average molecular weight is 671 g/mol. The first-order valence-electron chi connectivity index (χ1n) is 18.1. The molecule has 0 unspecified atom stereocenters. The van der Waals surface area contributed by atoms with Crippen molar-refractivity contribution in [3.05, 3.63) is 169 Å². The third-order valence-electron chi connectivity index (χ3n) is 11.6. The molecule has 0 aliphatic carbocycles. The van der Waals surface area contributed by atoms with E-state index in [4.69, 9.17) is 4.42 Å². The molecule has 1 aromatic heterocycles. The highest BCUT2D eigenvalue weighted by molar-refractivity contribution is 7.01. The molecule has 2 aliphatic heterocycles. The minimum Gasteiger partial charge on any atom is -0.456 e. The highest BCUT2D eigenvalue weighted by atomic mass is 16.3. The summed E-state index contributed by atoms with van der Waals surface area (Å²) in [5.41, 5.74) is 14.2. The quantitative estimate of drug-likeness (QED) is 0.172. The standard InChI is InChI=1S/C49H27BN2O/c51-28-29-22-41-39-14-7-13-38-36(34-17-21-47-40(25-34)37-12-5-6-15-46(37)53-47)19-20-42(48(38)39)50-43-26-32-10-3-4-11-33(32)27-44(43)52(45(23-29)49(41)50)35-18-16-30-8-1-2-9-31(30)24-35/h1-27H. The molecule has 9 aromatic carbocycles. The number of para-hydroxylation sites is 1. The van der Waals surface area contributed by atoms with Crippen LogP contribution in [0.15, 0.2) is 168 Å². The van der Waals surface area contributed by atoms with E-state index in [-0.39, 0.29) is 6.71 Å². The van der Waals surface area contributed by atoms with Crippen LogP contribution in [0.4, 0.5) is 17.1 Å². The molecule has 4 heteroatoms. The van der Waals surface area contributed by atoms with Gasteiger partial charge in [0.05, 0.1) is 11.6 Å². The zero-order chi connectivity index (χ0) is 34.8. The first kappa shape index (κ1) is 28.6. The van der Waals surface area contributed by atoms with Gasteiger partial charge in [0, 0.05) is 27.8 Å². The summed E-state index contributed by atoms with van der Waals surface area (Å²) < 4.78 is 6.20. The lowest BCUT2D eigenvalue weighted by Gasteiger charge is -2.41. The first-order chi connectivity index (χ1) is 26.2. The van der Waals surface area contributed by atoms with Crippen LogP contribution in [0.5, 0.6) is 0 Å². The Balaban J connectivity index is 1.17. The number of anilines is 3. The molecular weight excluding hydrogens is 643 g/mol. The first-order valence-corrected chi connectivity index (χ1v) is 18.1. The summed E-state index contributed by atoms with van der Waals surface area (Å²) in [5, 5.41) is 20.0. The van der Waals surface area contributed by atoms with Crippen molar-refractivity contribution < 1.29 is 4.42 Å². The van der Waals surface area contributed by atoms with E-state index in [9.17, 15) is 5.26 Å². The van der Waals surface area contributed by atoms with Crippen LogP contribution in [0.2, 0.25) is 0 Å². The molecule has 2 aliphatic rings. The third-order valence-corrected chi connectivity index (χ3v) is 11.6. The van der Waals surface area contributed by atoms with Crippen LogP contribution in [0.25, 0.3) is 76.5 Å². The Kier molecular flexibility index (Phi) is 5.65. The van der Waals surface area contributed by atoms with Crippen LogP contribution in [0.1, 0.15) is 5.56 Å². The monoisotopic (exact) mass is 670 g/mol. The molecule has 0 saturated carbocycles. The number of nitrogens with zero attached hydrogens (tertiary/aromatic N) is 2. The fraction of sp³-hybridized carbons (Fsp3) is 0. The van der Waals surface area contributed by atoms with Crippen molar-refractivity contribution in [1.82, 2.24) is 0 Å². The van der Waals surface area contributed by atoms with Crippen molar-refractivity contribution in [3.63, 3.8) is 0 Å². The van der Waals surface area contributed by atoms with Gasteiger partial charge < -0.3 is 9.32 Å². The van der Waals surface area contributed by atoms with E-state index < -0.39 is 0 Å². The number of rotatable bonds is 2. The number of benzene rings is 9. The Morgan fingerprint density at radius 3 is 2.11 bits per heavy atom. The lowest BCUT2D eigenvalue weighted by molar-refractivity contribution is 0.669. The Hall–Kier alpha value is -7.09. The van der Waals surface area contributed by atoms with Gasteiger partial charge in [0.25, 0.3) is 0 Å². The van der Waals surface area contributed by atoms with E-state index in [0.29, 0.717) is 5.56 Å². The average Bonchev–Trinajstić information content (AvgIpc) is 3.59. The van der Waals surface area contributed by atoms with E-state index in [1.807, 2.05) is 12.1 Å². The van der Waals surface area contributed by atoms with Crippen LogP contribution in [0.3, 0.4) is 0 Å². The largest absolute Gasteiger partial charge is 0.456 e. The summed E-state index contributed by atoms with van der Waals surface area (Å²) in [6.07, 6.45) is 0. The number of hydrogen-bond acceptors (Lipinski definition) is 3. The molecule has 0 fully saturated rings. The summed E-state index contributed by atoms with van der Waals surface area (Å²) in [6.45, 7) is -0.0178. The number of hydrogen-bond donors (Lipinski definition) is 0. The van der Waals surface area contributed by atoms with Gasteiger partial charge in [-0.1, -0.05) is 121 Å². The predicted molar refractivity (Wildman–Crippen MR) is 221 cm³/mol. The molecule has 0 N–H and O–H groups in total. The predicted octanol–water partition coefficient (Wildman–Crippen LogP) is 10.9. The van der Waals surface area contributed by atoms with Gasteiger partial charge in [-0.3, -0.25) is 0 Å². The lowest BCUT2D eigenvalue weighted by Crippen LogP contribution is -2.59. The summed E-state index contributed by atoms with van der Waals surface area (Å²) in [5.74, 6) is 0. The molecule has 10 aromatic rings. The van der Waals surface area contributed by atoms with E-state index in [0.717, 1.165) is 50.1 Å². The normalized spacial score (nSPS) is 12.8. The highest BCUT2D eigenvalue weighted by Crippen LogP contribution is 2.45.